The van der Waals surface area contributed by atoms with Gasteiger partial charge in [0.15, 0.2) is 0 Å². The number of aliphatic carboxylic acids is 1. The fourth-order valence-electron chi connectivity index (χ4n) is 3.19. The maximum atomic E-state index is 11.9. The van der Waals surface area contributed by atoms with Crippen LogP contribution in [-0.4, -0.2) is 17.2 Å². The van der Waals surface area contributed by atoms with Crippen LogP contribution < -0.4 is 15.9 Å². The van der Waals surface area contributed by atoms with Crippen molar-refractivity contribution in [1.82, 2.24) is 0 Å². The third-order valence-corrected chi connectivity index (χ3v) is 11.4. The molecule has 0 saturated carbocycles. The number of hydrogen-bond donors (Lipinski definition) is 1. The summed E-state index contributed by atoms with van der Waals surface area (Å²) in [6.45, 7) is 0. The molecule has 0 bridgehead atoms. The van der Waals surface area contributed by atoms with Crippen molar-refractivity contribution >= 4 is 39.1 Å². The zero-order chi connectivity index (χ0) is 17.1. The molecule has 0 spiro atoms. The molecular weight excluding hydrogens is 339 g/mol. The van der Waals surface area contributed by atoms with E-state index >= 15 is 0 Å². The fraction of sp³-hybridized carbons (Fsp3) is 0.0500. The topological polar surface area (TPSA) is 37.3 Å². The molecule has 0 aliphatic rings. The van der Waals surface area contributed by atoms with Crippen LogP contribution in [0.5, 0.6) is 0 Å². The molecule has 122 valence electrons. The summed E-state index contributed by atoms with van der Waals surface area (Å²) in [5.41, 5.74) is 0. The third kappa shape index (κ3) is 2.62. The average molecular weight is 357 g/mol. The number of benzene rings is 3. The number of halogens is 1. The van der Waals surface area contributed by atoms with Crippen LogP contribution in [0.3, 0.4) is 0 Å². The van der Waals surface area contributed by atoms with Crippen LogP contribution in [0.4, 0.5) is 0 Å². The molecule has 2 nitrogen and oxygen atoms in total. The van der Waals surface area contributed by atoms with Crippen LogP contribution in [0, 0.1) is 0 Å². The zero-order valence-electron chi connectivity index (χ0n) is 13.0. The second kappa shape index (κ2) is 6.39. The fourth-order valence-corrected chi connectivity index (χ4v) is 8.84. The van der Waals surface area contributed by atoms with Crippen molar-refractivity contribution in [2.75, 3.05) is 6.16 Å². The molecule has 0 unspecified atom stereocenters. The Balaban J connectivity index is 2.45. The molecule has 3 rings (SSSR count). The standard InChI is InChI=1S/C20H18ClO2P/c21-24(16-20(22)23,17-10-4-1-5-11-17,18-12-6-2-7-13-18)19-14-8-3-9-15-19/h1-15H,16H2,(H,22,23). The molecule has 0 saturated heterocycles. The van der Waals surface area contributed by atoms with Crippen LogP contribution in [0.25, 0.3) is 0 Å². The van der Waals surface area contributed by atoms with Gasteiger partial charge in [-0.05, 0) is 0 Å². The van der Waals surface area contributed by atoms with Crippen molar-refractivity contribution in [3.05, 3.63) is 91.0 Å². The van der Waals surface area contributed by atoms with E-state index in [1.54, 1.807) is 0 Å². The number of carboxylic acid groups (broad SMARTS) is 1. The van der Waals surface area contributed by atoms with Crippen LogP contribution in [-0.2, 0) is 4.79 Å². The summed E-state index contributed by atoms with van der Waals surface area (Å²) in [5.74, 6) is -4.53. The van der Waals surface area contributed by atoms with Crippen molar-refractivity contribution in [3.63, 3.8) is 0 Å². The number of rotatable bonds is 5. The number of carbonyl (C=O) groups is 1. The van der Waals surface area contributed by atoms with E-state index in [4.69, 9.17) is 11.2 Å². The van der Waals surface area contributed by atoms with E-state index in [2.05, 4.69) is 0 Å². The van der Waals surface area contributed by atoms with Gasteiger partial charge in [0.05, 0.1) is 0 Å². The summed E-state index contributed by atoms with van der Waals surface area (Å²) < 4.78 is 0. The monoisotopic (exact) mass is 356 g/mol. The van der Waals surface area contributed by atoms with Crippen molar-refractivity contribution in [2.45, 2.75) is 0 Å². The molecule has 0 aromatic heterocycles. The van der Waals surface area contributed by atoms with E-state index in [1.165, 1.54) is 0 Å². The molecule has 1 N–H and O–H groups in total. The molecule has 0 atom stereocenters. The van der Waals surface area contributed by atoms with Crippen LogP contribution in [0.2, 0.25) is 0 Å². The minimum atomic E-state index is -3.62. The van der Waals surface area contributed by atoms with E-state index in [0.717, 1.165) is 15.9 Å². The van der Waals surface area contributed by atoms with Gasteiger partial charge in [-0.25, -0.2) is 0 Å². The Hall–Kier alpha value is -2.15. The normalized spacial score (nSPS) is 13.0. The van der Waals surface area contributed by atoms with Gasteiger partial charge >= 0.3 is 146 Å². The SMILES string of the molecule is O=C(O)CP(Cl)(c1ccccc1)(c1ccccc1)c1ccccc1. The van der Waals surface area contributed by atoms with Gasteiger partial charge in [-0.15, -0.1) is 0 Å². The van der Waals surface area contributed by atoms with Gasteiger partial charge in [0.1, 0.15) is 0 Å². The average Bonchev–Trinajstić information content (AvgIpc) is 2.63. The summed E-state index contributed by atoms with van der Waals surface area (Å²) in [6.07, 6.45) is -0.134. The quantitative estimate of drug-likeness (QED) is 0.707. The van der Waals surface area contributed by atoms with Crippen molar-refractivity contribution in [2.24, 2.45) is 0 Å². The molecule has 0 amide bonds. The van der Waals surface area contributed by atoms with Gasteiger partial charge in [0.2, 0.25) is 0 Å². The second-order valence-electron chi connectivity index (χ2n) is 5.74. The number of hydrogen-bond acceptors (Lipinski definition) is 1. The van der Waals surface area contributed by atoms with E-state index in [9.17, 15) is 9.90 Å². The Morgan fingerprint density at radius 2 is 1.00 bits per heavy atom. The van der Waals surface area contributed by atoms with Crippen molar-refractivity contribution in [1.29, 1.82) is 0 Å². The predicted molar refractivity (Wildman–Crippen MR) is 104 cm³/mol. The minimum absolute atomic E-state index is 0.134. The van der Waals surface area contributed by atoms with Crippen molar-refractivity contribution < 1.29 is 9.90 Å². The molecular formula is C20H18ClO2P. The molecule has 3 aromatic carbocycles. The van der Waals surface area contributed by atoms with Crippen LogP contribution in [0.1, 0.15) is 0 Å². The molecule has 24 heavy (non-hydrogen) atoms. The zero-order valence-corrected chi connectivity index (χ0v) is 14.7. The van der Waals surface area contributed by atoms with E-state index in [-0.39, 0.29) is 6.16 Å². The maximum absolute atomic E-state index is 11.9. The second-order valence-corrected chi connectivity index (χ2v) is 12.2. The summed E-state index contributed by atoms with van der Waals surface area (Å²) in [6, 6.07) is 28.8. The van der Waals surface area contributed by atoms with E-state index in [1.807, 2.05) is 91.0 Å². The van der Waals surface area contributed by atoms with Gasteiger partial charge in [0.25, 0.3) is 0 Å². The first-order chi connectivity index (χ1) is 11.6. The summed E-state index contributed by atoms with van der Waals surface area (Å²) in [7, 11) is 0. The first-order valence-corrected chi connectivity index (χ1v) is 11.0. The van der Waals surface area contributed by atoms with Gasteiger partial charge in [-0.1, -0.05) is 0 Å². The van der Waals surface area contributed by atoms with Crippen molar-refractivity contribution in [3.8, 4) is 0 Å². The molecule has 0 aliphatic carbocycles. The first-order valence-electron chi connectivity index (χ1n) is 7.67. The molecule has 4 heteroatoms. The molecule has 0 fully saturated rings. The number of carboxylic acids is 1. The van der Waals surface area contributed by atoms with Gasteiger partial charge in [0, 0.05) is 0 Å². The Morgan fingerprint density at radius 3 is 1.25 bits per heavy atom. The van der Waals surface area contributed by atoms with Gasteiger partial charge in [-0.2, -0.15) is 0 Å². The van der Waals surface area contributed by atoms with Gasteiger partial charge < -0.3 is 0 Å². The Kier molecular flexibility index (Phi) is 4.45. The molecule has 0 aliphatic heterocycles. The van der Waals surface area contributed by atoms with E-state index in [0.29, 0.717) is 0 Å². The van der Waals surface area contributed by atoms with Gasteiger partial charge in [-0.3, -0.25) is 0 Å². The van der Waals surface area contributed by atoms with Crippen LogP contribution in [0.15, 0.2) is 91.0 Å². The molecule has 3 aromatic rings. The summed E-state index contributed by atoms with van der Waals surface area (Å²) in [4.78, 5) is 11.9. The van der Waals surface area contributed by atoms with Crippen LogP contribution >= 0.6 is 17.2 Å². The summed E-state index contributed by atoms with van der Waals surface area (Å²) in [5, 5.41) is 12.3. The summed E-state index contributed by atoms with van der Waals surface area (Å²) >= 11 is 7.52. The Morgan fingerprint density at radius 1 is 0.708 bits per heavy atom. The molecule has 0 heterocycles. The van der Waals surface area contributed by atoms with E-state index < -0.39 is 11.9 Å². The predicted octanol–water partition coefficient (Wildman–Crippen LogP) is 3.75. The Labute approximate surface area is 146 Å². The Bertz CT molecular complexity index is 736. The molecule has 0 radical (unpaired) electrons. The third-order valence-electron chi connectivity index (χ3n) is 4.32. The first kappa shape index (κ1) is 16.7.